The van der Waals surface area contributed by atoms with Crippen molar-refractivity contribution in [2.75, 3.05) is 44.3 Å². The first-order valence-electron chi connectivity index (χ1n) is 12.8. The van der Waals surface area contributed by atoms with Crippen LogP contribution in [0.5, 0.6) is 11.5 Å². The zero-order valence-corrected chi connectivity index (χ0v) is 22.3. The van der Waals surface area contributed by atoms with Crippen LogP contribution in [0.1, 0.15) is 17.5 Å². The predicted octanol–water partition coefficient (Wildman–Crippen LogP) is 6.02. The van der Waals surface area contributed by atoms with Crippen molar-refractivity contribution in [2.45, 2.75) is 18.1 Å². The van der Waals surface area contributed by atoms with Crippen LogP contribution in [-0.4, -0.2) is 50.3 Å². The summed E-state index contributed by atoms with van der Waals surface area (Å²) in [6.45, 7) is 3.57. The summed E-state index contributed by atoms with van der Waals surface area (Å²) >= 11 is 5.96. The number of hydrogen-bond acceptors (Lipinski definition) is 5. The zero-order chi connectivity index (χ0) is 28.2. The number of anilines is 1. The van der Waals surface area contributed by atoms with E-state index in [2.05, 4.69) is 15.2 Å². The molecule has 2 aliphatic heterocycles. The number of morpholine rings is 1. The Morgan fingerprint density at radius 1 is 1.02 bits per heavy atom. The van der Waals surface area contributed by atoms with E-state index in [1.165, 1.54) is 12.1 Å². The summed E-state index contributed by atoms with van der Waals surface area (Å²) in [4.78, 5) is 8.07. The van der Waals surface area contributed by atoms with E-state index in [0.717, 1.165) is 19.2 Å². The largest absolute Gasteiger partial charge is 0.457 e. The number of hydrogen-bond donors (Lipinski definition) is 1. The number of alkyl halides is 3. The van der Waals surface area contributed by atoms with Crippen LogP contribution in [0.3, 0.4) is 0 Å². The number of guanidine groups is 1. The minimum Gasteiger partial charge on any atom is -0.457 e. The molecule has 0 bridgehead atoms. The number of ether oxygens (including phenoxy) is 2. The smallest absolute Gasteiger partial charge is 0.416 e. The summed E-state index contributed by atoms with van der Waals surface area (Å²) in [7, 11) is 0. The van der Waals surface area contributed by atoms with Crippen LogP contribution in [0.2, 0.25) is 5.02 Å². The average molecular weight is 570 g/mol. The molecule has 1 unspecified atom stereocenters. The van der Waals surface area contributed by atoms with Gasteiger partial charge in [-0.25, -0.2) is 0 Å². The van der Waals surface area contributed by atoms with E-state index < -0.39 is 17.3 Å². The first-order chi connectivity index (χ1) is 19.3. The Morgan fingerprint density at radius 2 is 1.70 bits per heavy atom. The topological polar surface area (TPSA) is 73.1 Å². The summed E-state index contributed by atoms with van der Waals surface area (Å²) in [5.74, 6) is 1.44. The van der Waals surface area contributed by atoms with Crippen LogP contribution in [0.4, 0.5) is 18.9 Å². The van der Waals surface area contributed by atoms with E-state index >= 15 is 0 Å². The summed E-state index contributed by atoms with van der Waals surface area (Å²) in [5.41, 5.74) is -0.545. The molecule has 0 saturated carbocycles. The first-order valence-corrected chi connectivity index (χ1v) is 13.2. The van der Waals surface area contributed by atoms with Gasteiger partial charge in [-0.1, -0.05) is 23.7 Å². The minimum atomic E-state index is -4.50. The van der Waals surface area contributed by atoms with Crippen molar-refractivity contribution >= 4 is 23.2 Å². The summed E-state index contributed by atoms with van der Waals surface area (Å²) < 4.78 is 52.7. The van der Waals surface area contributed by atoms with Crippen molar-refractivity contribution in [3.05, 3.63) is 88.9 Å². The van der Waals surface area contributed by atoms with Gasteiger partial charge in [-0.2, -0.15) is 18.4 Å². The van der Waals surface area contributed by atoms with Gasteiger partial charge in [-0.15, -0.1) is 4.99 Å². The molecule has 0 aromatic heterocycles. The van der Waals surface area contributed by atoms with Gasteiger partial charge in [0, 0.05) is 36.9 Å². The molecule has 2 fully saturated rings. The summed E-state index contributed by atoms with van der Waals surface area (Å²) in [6, 6.07) is 19.5. The maximum Gasteiger partial charge on any atom is 0.416 e. The molecule has 2 heterocycles. The van der Waals surface area contributed by atoms with Gasteiger partial charge in [0.25, 0.3) is 0 Å². The van der Waals surface area contributed by atoms with Crippen molar-refractivity contribution in [1.29, 1.82) is 5.26 Å². The molecular weight excluding hydrogens is 543 g/mol. The third-order valence-corrected chi connectivity index (χ3v) is 7.40. The molecule has 208 valence electrons. The van der Waals surface area contributed by atoms with Crippen molar-refractivity contribution in [1.82, 2.24) is 10.2 Å². The van der Waals surface area contributed by atoms with Gasteiger partial charge < -0.3 is 14.8 Å². The molecule has 0 aliphatic carbocycles. The molecule has 0 spiro atoms. The lowest BCUT2D eigenvalue weighted by molar-refractivity contribution is -0.137. The maximum atomic E-state index is 13.8. The van der Waals surface area contributed by atoms with Gasteiger partial charge >= 0.3 is 6.18 Å². The molecule has 0 radical (unpaired) electrons. The number of halogens is 4. The molecule has 3 aromatic rings. The molecule has 2 saturated heterocycles. The van der Waals surface area contributed by atoms with Crippen LogP contribution < -0.4 is 15.0 Å². The van der Waals surface area contributed by atoms with E-state index in [9.17, 15) is 18.4 Å². The fourth-order valence-corrected chi connectivity index (χ4v) is 5.25. The minimum absolute atomic E-state index is 0.266. The highest BCUT2D eigenvalue weighted by atomic mass is 35.5. The van der Waals surface area contributed by atoms with E-state index in [0.29, 0.717) is 54.0 Å². The summed E-state index contributed by atoms with van der Waals surface area (Å²) in [6.07, 6.45) is -2.19. The Hall–Kier alpha value is -3.78. The lowest BCUT2D eigenvalue weighted by Gasteiger charge is -2.40. The Kier molecular flexibility index (Phi) is 8.17. The van der Waals surface area contributed by atoms with Crippen LogP contribution in [0.15, 0.2) is 77.8 Å². The molecule has 0 amide bonds. The third-order valence-electron chi connectivity index (χ3n) is 7.15. The highest BCUT2D eigenvalue weighted by molar-refractivity contribution is 6.30. The van der Waals surface area contributed by atoms with E-state index in [1.807, 2.05) is 23.2 Å². The molecule has 3 aromatic carbocycles. The fraction of sp³-hybridized carbons (Fsp3) is 0.310. The van der Waals surface area contributed by atoms with E-state index in [-0.39, 0.29) is 12.5 Å². The second-order valence-electron chi connectivity index (χ2n) is 9.59. The molecule has 5 rings (SSSR count). The Balaban J connectivity index is 1.54. The van der Waals surface area contributed by atoms with Crippen LogP contribution in [0.25, 0.3) is 0 Å². The molecule has 40 heavy (non-hydrogen) atoms. The molecule has 11 heteroatoms. The number of nitriles is 1. The van der Waals surface area contributed by atoms with Gasteiger partial charge in [0.15, 0.2) is 0 Å². The number of nitrogens with zero attached hydrogens (tertiary/aromatic N) is 4. The molecule has 7 nitrogen and oxygen atoms in total. The van der Waals surface area contributed by atoms with Gasteiger partial charge in [0.2, 0.25) is 12.2 Å². The van der Waals surface area contributed by atoms with Gasteiger partial charge in [-0.3, -0.25) is 9.80 Å². The monoisotopic (exact) mass is 569 g/mol. The predicted molar refractivity (Wildman–Crippen MR) is 146 cm³/mol. The Labute approximate surface area is 235 Å². The van der Waals surface area contributed by atoms with Crippen molar-refractivity contribution < 1.29 is 22.6 Å². The number of rotatable bonds is 7. The van der Waals surface area contributed by atoms with Gasteiger partial charge in [0.1, 0.15) is 11.5 Å². The molecular formula is C29H27ClF3N5O2. The molecule has 2 aliphatic rings. The zero-order valence-electron chi connectivity index (χ0n) is 21.5. The fourth-order valence-electron chi connectivity index (χ4n) is 5.12. The quantitative estimate of drug-likeness (QED) is 0.351. The lowest BCUT2D eigenvalue weighted by atomic mass is 9.84. The average Bonchev–Trinajstić information content (AvgIpc) is 3.33. The second-order valence-corrected chi connectivity index (χ2v) is 10.0. The maximum absolute atomic E-state index is 13.8. The van der Waals surface area contributed by atoms with E-state index in [1.54, 1.807) is 42.5 Å². The van der Waals surface area contributed by atoms with Gasteiger partial charge in [-0.05, 0) is 72.6 Å². The third kappa shape index (κ3) is 6.02. The first kappa shape index (κ1) is 27.8. The normalized spacial score (nSPS) is 20.8. The molecule has 1 N–H and O–H groups in total. The lowest BCUT2D eigenvalue weighted by Crippen LogP contribution is -2.48. The summed E-state index contributed by atoms with van der Waals surface area (Å²) in [5, 5.41) is 13.2. The highest BCUT2D eigenvalue weighted by Gasteiger charge is 2.47. The van der Waals surface area contributed by atoms with Gasteiger partial charge in [0.05, 0.1) is 24.3 Å². The van der Waals surface area contributed by atoms with Crippen LogP contribution in [0, 0.1) is 11.5 Å². The number of benzene rings is 3. The van der Waals surface area contributed by atoms with Crippen molar-refractivity contribution in [3.8, 4) is 17.7 Å². The van der Waals surface area contributed by atoms with Crippen LogP contribution >= 0.6 is 11.6 Å². The highest BCUT2D eigenvalue weighted by Crippen LogP contribution is 2.42. The number of aliphatic imine (C=N–C) groups is 1. The Morgan fingerprint density at radius 3 is 2.35 bits per heavy atom. The Bertz CT molecular complexity index is 1390. The standard InChI is InChI=1S/C29H27ClF3N5O2/c30-23-4-8-25(9-5-23)40-26-10-6-24(7-11-26)38-27(36-20-34)35-19-28(38,12-13-37-14-16-39-17-15-37)21-2-1-3-22(18-21)29(31,32)33/h1-11,18H,12-17,19H2,(H,35,36). The van der Waals surface area contributed by atoms with Crippen molar-refractivity contribution in [3.63, 3.8) is 0 Å². The SMILES string of the molecule is N#CN=C1NCC(CCN2CCOCC2)(c2cccc(C(F)(F)F)c2)N1c1ccc(Oc2ccc(Cl)cc2)cc1. The van der Waals surface area contributed by atoms with E-state index in [4.69, 9.17) is 21.1 Å². The molecule has 1 atom stereocenters. The number of nitrogens with one attached hydrogen (secondary N) is 1. The van der Waals surface area contributed by atoms with Crippen LogP contribution in [-0.2, 0) is 16.5 Å². The van der Waals surface area contributed by atoms with Crippen molar-refractivity contribution in [2.24, 2.45) is 4.99 Å². The second kappa shape index (κ2) is 11.8.